The van der Waals surface area contributed by atoms with Gasteiger partial charge < -0.3 is 5.32 Å². The molecule has 8 nitrogen and oxygen atoms in total. The lowest BCUT2D eigenvalue weighted by Gasteiger charge is -2.12. The largest absolute Gasteiger partial charge is 0.365 e. The monoisotopic (exact) mass is 391 g/mol. The van der Waals surface area contributed by atoms with Crippen molar-refractivity contribution >= 4 is 32.8 Å². The van der Waals surface area contributed by atoms with Gasteiger partial charge in [-0.2, -0.15) is 10.2 Å². The van der Waals surface area contributed by atoms with Crippen molar-refractivity contribution in [3.8, 4) is 0 Å². The number of hydrogen-bond donors (Lipinski definition) is 2. The standard InChI is InChI=1S/C15H18BrN7O/c1-4-8-9(15(24)21-20-10(8)5-2)6-17-13-11-12(16)22-23(3)14(11)19-7-18-13/h7H,4-6H2,1-3H3,(H,21,24)(H,17,18,19). The van der Waals surface area contributed by atoms with Crippen LogP contribution in [0.15, 0.2) is 15.7 Å². The lowest BCUT2D eigenvalue weighted by molar-refractivity contribution is 0.777. The van der Waals surface area contributed by atoms with Crippen LogP contribution >= 0.6 is 15.9 Å². The zero-order valence-corrected chi connectivity index (χ0v) is 15.3. The molecule has 3 aromatic rings. The maximum absolute atomic E-state index is 12.2. The minimum atomic E-state index is -0.174. The van der Waals surface area contributed by atoms with Crippen LogP contribution < -0.4 is 10.9 Å². The molecule has 0 aromatic carbocycles. The summed E-state index contributed by atoms with van der Waals surface area (Å²) in [5, 5.41) is 15.0. The van der Waals surface area contributed by atoms with Crippen LogP contribution in [0.1, 0.15) is 30.7 Å². The number of fused-ring (bicyclic) bond motifs is 1. The summed E-state index contributed by atoms with van der Waals surface area (Å²) >= 11 is 3.43. The number of nitrogens with zero attached hydrogens (tertiary/aromatic N) is 5. The van der Waals surface area contributed by atoms with E-state index in [1.165, 1.54) is 6.33 Å². The predicted molar refractivity (Wildman–Crippen MR) is 94.9 cm³/mol. The molecule has 0 atom stereocenters. The van der Waals surface area contributed by atoms with E-state index in [1.807, 2.05) is 20.9 Å². The van der Waals surface area contributed by atoms with Crippen molar-refractivity contribution in [1.82, 2.24) is 29.9 Å². The van der Waals surface area contributed by atoms with E-state index < -0.39 is 0 Å². The van der Waals surface area contributed by atoms with Crippen molar-refractivity contribution in [3.63, 3.8) is 0 Å². The van der Waals surface area contributed by atoms with E-state index in [2.05, 4.69) is 46.5 Å². The molecule has 0 saturated carbocycles. The van der Waals surface area contributed by atoms with Crippen LogP contribution in [0.5, 0.6) is 0 Å². The van der Waals surface area contributed by atoms with Crippen LogP contribution in [-0.4, -0.2) is 29.9 Å². The molecule has 0 unspecified atom stereocenters. The fourth-order valence-corrected chi connectivity index (χ4v) is 3.41. The van der Waals surface area contributed by atoms with Gasteiger partial charge in [-0.3, -0.25) is 4.79 Å². The van der Waals surface area contributed by atoms with E-state index >= 15 is 0 Å². The molecule has 24 heavy (non-hydrogen) atoms. The van der Waals surface area contributed by atoms with Gasteiger partial charge in [-0.25, -0.2) is 19.7 Å². The van der Waals surface area contributed by atoms with Crippen molar-refractivity contribution in [2.24, 2.45) is 7.05 Å². The Hall–Kier alpha value is -2.29. The van der Waals surface area contributed by atoms with Gasteiger partial charge in [-0.05, 0) is 34.3 Å². The van der Waals surface area contributed by atoms with Gasteiger partial charge in [0.2, 0.25) is 0 Å². The quantitative estimate of drug-likeness (QED) is 0.688. The first kappa shape index (κ1) is 16.6. The van der Waals surface area contributed by atoms with E-state index in [4.69, 9.17) is 0 Å². The molecule has 0 aliphatic carbocycles. The van der Waals surface area contributed by atoms with Crippen molar-refractivity contribution in [1.29, 1.82) is 0 Å². The first-order valence-corrected chi connectivity index (χ1v) is 8.52. The van der Waals surface area contributed by atoms with E-state index in [9.17, 15) is 4.79 Å². The number of halogens is 1. The van der Waals surface area contributed by atoms with Gasteiger partial charge in [-0.1, -0.05) is 13.8 Å². The van der Waals surface area contributed by atoms with Gasteiger partial charge in [0.1, 0.15) is 16.7 Å². The molecule has 0 spiro atoms. The van der Waals surface area contributed by atoms with Gasteiger partial charge in [0.25, 0.3) is 5.56 Å². The third kappa shape index (κ3) is 2.79. The zero-order chi connectivity index (χ0) is 17.3. The number of aromatic amines is 1. The molecular weight excluding hydrogens is 374 g/mol. The van der Waals surface area contributed by atoms with Gasteiger partial charge >= 0.3 is 0 Å². The SMILES string of the molecule is CCc1n[nH]c(=O)c(CNc2ncnc3c2c(Br)nn3C)c1CC. The van der Waals surface area contributed by atoms with Crippen molar-refractivity contribution in [3.05, 3.63) is 38.1 Å². The van der Waals surface area contributed by atoms with E-state index in [0.29, 0.717) is 28.2 Å². The Balaban J connectivity index is 1.99. The summed E-state index contributed by atoms with van der Waals surface area (Å²) in [7, 11) is 1.82. The summed E-state index contributed by atoms with van der Waals surface area (Å²) in [5.74, 6) is 0.635. The first-order valence-electron chi connectivity index (χ1n) is 7.73. The van der Waals surface area contributed by atoms with Crippen molar-refractivity contribution in [2.75, 3.05) is 5.32 Å². The normalized spacial score (nSPS) is 11.2. The van der Waals surface area contributed by atoms with Crippen LogP contribution in [-0.2, 0) is 26.4 Å². The number of nitrogens with one attached hydrogen (secondary N) is 2. The number of rotatable bonds is 5. The Morgan fingerprint density at radius 1 is 1.25 bits per heavy atom. The number of anilines is 1. The summed E-state index contributed by atoms with van der Waals surface area (Å²) in [5.41, 5.74) is 3.14. The van der Waals surface area contributed by atoms with Gasteiger partial charge in [-0.15, -0.1) is 0 Å². The highest BCUT2D eigenvalue weighted by Crippen LogP contribution is 2.27. The van der Waals surface area contributed by atoms with Crippen LogP contribution in [0.25, 0.3) is 11.0 Å². The summed E-state index contributed by atoms with van der Waals surface area (Å²) in [6, 6.07) is 0. The highest BCUT2D eigenvalue weighted by Gasteiger charge is 2.15. The molecule has 0 radical (unpaired) electrons. The number of hydrogen-bond acceptors (Lipinski definition) is 6. The highest BCUT2D eigenvalue weighted by atomic mass is 79.9. The number of aryl methyl sites for hydroxylation is 2. The Labute approximate surface area is 146 Å². The van der Waals surface area contributed by atoms with E-state index in [1.54, 1.807) is 4.68 Å². The van der Waals surface area contributed by atoms with Crippen molar-refractivity contribution < 1.29 is 0 Å². The Kier molecular flexibility index (Phi) is 4.61. The number of aromatic nitrogens is 6. The van der Waals surface area contributed by atoms with Crippen molar-refractivity contribution in [2.45, 2.75) is 33.2 Å². The summed E-state index contributed by atoms with van der Waals surface area (Å²) < 4.78 is 2.34. The number of H-pyrrole nitrogens is 1. The fourth-order valence-electron chi connectivity index (χ4n) is 2.81. The average Bonchev–Trinajstić information content (AvgIpc) is 2.88. The van der Waals surface area contributed by atoms with Gasteiger partial charge in [0, 0.05) is 19.2 Å². The molecule has 3 heterocycles. The van der Waals surface area contributed by atoms with E-state index in [0.717, 1.165) is 29.5 Å². The summed E-state index contributed by atoms with van der Waals surface area (Å²) in [4.78, 5) is 20.7. The van der Waals surface area contributed by atoms with Gasteiger partial charge in [0.15, 0.2) is 5.65 Å². The van der Waals surface area contributed by atoms with Gasteiger partial charge in [0.05, 0.1) is 11.1 Å². The topological polar surface area (TPSA) is 101 Å². The summed E-state index contributed by atoms with van der Waals surface area (Å²) in [6.45, 7) is 4.42. The molecular formula is C15H18BrN7O. The molecule has 0 amide bonds. The molecule has 9 heteroatoms. The first-order chi connectivity index (χ1) is 11.6. The Morgan fingerprint density at radius 2 is 2.04 bits per heavy atom. The maximum atomic E-state index is 12.2. The molecule has 0 aliphatic heterocycles. The molecule has 0 saturated heterocycles. The molecule has 3 aromatic heterocycles. The third-order valence-corrected chi connectivity index (χ3v) is 4.53. The predicted octanol–water partition coefficient (Wildman–Crippen LogP) is 1.95. The maximum Gasteiger partial charge on any atom is 0.269 e. The molecule has 0 aliphatic rings. The second-order valence-electron chi connectivity index (χ2n) is 5.35. The van der Waals surface area contributed by atoms with Crippen LogP contribution in [0, 0.1) is 0 Å². The minimum absolute atomic E-state index is 0.174. The molecule has 0 bridgehead atoms. The second-order valence-corrected chi connectivity index (χ2v) is 6.10. The highest BCUT2D eigenvalue weighted by molar-refractivity contribution is 9.10. The summed E-state index contributed by atoms with van der Waals surface area (Å²) in [6.07, 6.45) is 3.01. The molecule has 3 rings (SSSR count). The molecule has 2 N–H and O–H groups in total. The van der Waals surface area contributed by atoms with Crippen LogP contribution in [0.2, 0.25) is 0 Å². The Bertz CT molecular complexity index is 947. The third-order valence-electron chi connectivity index (χ3n) is 3.98. The van der Waals surface area contributed by atoms with E-state index in [-0.39, 0.29) is 5.56 Å². The minimum Gasteiger partial charge on any atom is -0.365 e. The molecule has 126 valence electrons. The average molecular weight is 392 g/mol. The second kappa shape index (κ2) is 6.68. The van der Waals surface area contributed by atoms with Crippen LogP contribution in [0.3, 0.4) is 0 Å². The van der Waals surface area contributed by atoms with Crippen LogP contribution in [0.4, 0.5) is 5.82 Å². The lowest BCUT2D eigenvalue weighted by Crippen LogP contribution is -2.22. The smallest absolute Gasteiger partial charge is 0.269 e. The lowest BCUT2D eigenvalue weighted by atomic mass is 10.0. The molecule has 0 fully saturated rings. The Morgan fingerprint density at radius 3 is 2.75 bits per heavy atom. The zero-order valence-electron chi connectivity index (χ0n) is 13.7. The fraction of sp³-hybridized carbons (Fsp3) is 0.400.